The number of rotatable bonds is 2. The zero-order valence-electron chi connectivity index (χ0n) is 14.3. The topological polar surface area (TPSA) is 67.6 Å². The third-order valence-electron chi connectivity index (χ3n) is 4.54. The fourth-order valence-corrected chi connectivity index (χ4v) is 4.11. The molecule has 8 heteroatoms. The van der Waals surface area contributed by atoms with Crippen LogP contribution in [-0.4, -0.2) is 51.0 Å². The molecule has 0 amide bonds. The summed E-state index contributed by atoms with van der Waals surface area (Å²) in [5, 5.41) is 3.18. The maximum absolute atomic E-state index is 5.91. The van der Waals surface area contributed by atoms with Gasteiger partial charge in [0.25, 0.3) is 0 Å². The molecule has 7 nitrogen and oxygen atoms in total. The largest absolute Gasteiger partial charge is 0.488 e. The third-order valence-corrected chi connectivity index (χ3v) is 5.36. The van der Waals surface area contributed by atoms with Gasteiger partial charge in [-0.1, -0.05) is 6.07 Å². The summed E-state index contributed by atoms with van der Waals surface area (Å²) in [7, 11) is 0. The minimum atomic E-state index is 0.648. The molecule has 0 spiro atoms. The number of nitrogens with zero attached hydrogens (tertiary/aromatic N) is 5. The van der Waals surface area contributed by atoms with Crippen molar-refractivity contribution >= 4 is 33.5 Å². The first-order chi connectivity index (χ1) is 12.8. The van der Waals surface area contributed by atoms with Gasteiger partial charge in [-0.05, 0) is 36.2 Å². The highest BCUT2D eigenvalue weighted by atomic mass is 32.1. The van der Waals surface area contributed by atoms with Gasteiger partial charge in [0, 0.05) is 24.3 Å². The molecule has 1 saturated heterocycles. The highest BCUT2D eigenvalue weighted by Crippen LogP contribution is 2.31. The van der Waals surface area contributed by atoms with E-state index in [1.54, 1.807) is 0 Å². The Morgan fingerprint density at radius 1 is 1.35 bits per heavy atom. The number of morpholine rings is 1. The van der Waals surface area contributed by atoms with Gasteiger partial charge in [0.2, 0.25) is 0 Å². The van der Waals surface area contributed by atoms with Crippen molar-refractivity contribution in [1.82, 2.24) is 24.4 Å². The van der Waals surface area contributed by atoms with Gasteiger partial charge in [0.1, 0.15) is 6.61 Å². The zero-order chi connectivity index (χ0) is 17.5. The van der Waals surface area contributed by atoms with Gasteiger partial charge in [-0.25, -0.2) is 10.4 Å². The van der Waals surface area contributed by atoms with E-state index in [0.29, 0.717) is 6.61 Å². The summed E-state index contributed by atoms with van der Waals surface area (Å²) in [5.74, 6) is 1.69. The smallest absolute Gasteiger partial charge is 0.181 e. The van der Waals surface area contributed by atoms with E-state index in [1.165, 1.54) is 11.5 Å². The molecule has 3 aromatic rings. The molecule has 0 atom stereocenters. The monoisotopic (exact) mass is 366 g/mol. The summed E-state index contributed by atoms with van der Waals surface area (Å²) in [6.45, 7) is 5.08. The molecule has 2 aromatic heterocycles. The molecule has 2 aliphatic heterocycles. The Bertz CT molecular complexity index is 1030. The maximum atomic E-state index is 5.91. The van der Waals surface area contributed by atoms with Crippen LogP contribution >= 0.6 is 11.5 Å². The Hall–Kier alpha value is -2.71. The highest BCUT2D eigenvalue weighted by molar-refractivity contribution is 7.13. The quantitative estimate of drug-likeness (QED) is 0.754. The van der Waals surface area contributed by atoms with Gasteiger partial charge in [-0.3, -0.25) is 10.0 Å². The molecule has 1 fully saturated rings. The summed E-state index contributed by atoms with van der Waals surface area (Å²) < 4.78 is 13.5. The molecule has 0 bridgehead atoms. The van der Waals surface area contributed by atoms with Gasteiger partial charge in [0.05, 0.1) is 35.5 Å². The molecule has 1 N–H and O–H groups in total. The zero-order valence-corrected chi connectivity index (χ0v) is 15.2. The van der Waals surface area contributed by atoms with Crippen molar-refractivity contribution in [3.8, 4) is 5.69 Å². The van der Waals surface area contributed by atoms with Gasteiger partial charge in [-0.2, -0.15) is 4.37 Å². The number of hydrogen-bond acceptors (Lipinski definition) is 7. The summed E-state index contributed by atoms with van der Waals surface area (Å²) in [6.07, 6.45) is 7.85. The normalized spacial score (nSPS) is 18.7. The molecule has 2 aliphatic rings. The van der Waals surface area contributed by atoms with Crippen molar-refractivity contribution < 1.29 is 4.74 Å². The Labute approximate surface area is 154 Å². The van der Waals surface area contributed by atoms with Crippen LogP contribution in [0.2, 0.25) is 0 Å². The van der Waals surface area contributed by atoms with E-state index in [0.717, 1.165) is 58.3 Å². The average Bonchev–Trinajstić information content (AvgIpc) is 3.32. The van der Waals surface area contributed by atoms with Gasteiger partial charge in [-0.15, -0.1) is 0 Å². The van der Waals surface area contributed by atoms with Crippen LogP contribution in [0.5, 0.6) is 0 Å². The molecule has 0 saturated carbocycles. The first kappa shape index (κ1) is 15.5. The molecule has 26 heavy (non-hydrogen) atoms. The Balaban J connectivity index is 1.60. The van der Waals surface area contributed by atoms with Crippen molar-refractivity contribution in [1.29, 1.82) is 0 Å². The van der Waals surface area contributed by atoms with Crippen molar-refractivity contribution in [2.75, 3.05) is 26.2 Å². The van der Waals surface area contributed by atoms with Gasteiger partial charge >= 0.3 is 0 Å². The summed E-state index contributed by atoms with van der Waals surface area (Å²) in [6, 6.07) is 4.21. The predicted molar refractivity (Wildman–Crippen MR) is 102 cm³/mol. The first-order valence-electron chi connectivity index (χ1n) is 8.58. The number of imidazole rings is 1. The molecule has 132 valence electrons. The summed E-state index contributed by atoms with van der Waals surface area (Å²) in [5.41, 5.74) is 6.53. The standard InChI is InChI=1S/C18H18N6OS/c1-12-10-23(11-20-12)15-3-2-13(14-9-22-26-17(14)15)8-16-18-19-4-5-21-24(18)6-7-25-16/h2-3,8-11,21H,4-7H2,1H3/b16-8-. The lowest BCUT2D eigenvalue weighted by Gasteiger charge is -2.34. The number of aliphatic imine (C=N–C) groups is 1. The molecule has 5 rings (SSSR count). The SMILES string of the molecule is Cc1cn(-c2ccc(/C=C3\OCCN4NCCN=C34)c3cnsc23)cn1. The molecule has 0 aliphatic carbocycles. The lowest BCUT2D eigenvalue weighted by molar-refractivity contribution is 0.140. The molecule has 0 unspecified atom stereocenters. The predicted octanol–water partition coefficient (Wildman–Crippen LogP) is 2.38. The molecule has 0 radical (unpaired) electrons. The van der Waals surface area contributed by atoms with E-state index in [4.69, 9.17) is 4.74 Å². The number of aromatic nitrogens is 3. The van der Waals surface area contributed by atoms with Crippen molar-refractivity contribution in [2.45, 2.75) is 6.92 Å². The van der Waals surface area contributed by atoms with Crippen molar-refractivity contribution in [3.05, 3.63) is 47.9 Å². The number of aryl methyl sites for hydroxylation is 1. The third kappa shape index (κ3) is 2.58. The Morgan fingerprint density at radius 3 is 3.19 bits per heavy atom. The molecule has 4 heterocycles. The van der Waals surface area contributed by atoms with Crippen LogP contribution in [0.1, 0.15) is 11.3 Å². The number of ether oxygens (including phenoxy) is 1. The molecule has 1 aromatic carbocycles. The number of hydrazine groups is 1. The second-order valence-electron chi connectivity index (χ2n) is 6.29. The van der Waals surface area contributed by atoms with Crippen LogP contribution in [0.4, 0.5) is 0 Å². The summed E-state index contributed by atoms with van der Waals surface area (Å²) in [4.78, 5) is 8.96. The van der Waals surface area contributed by atoms with Crippen LogP contribution in [0.15, 0.2) is 41.6 Å². The Morgan fingerprint density at radius 2 is 2.31 bits per heavy atom. The minimum absolute atomic E-state index is 0.648. The highest BCUT2D eigenvalue weighted by Gasteiger charge is 2.25. The molecular formula is C18H18N6OS. The first-order valence-corrected chi connectivity index (χ1v) is 9.36. The van der Waals surface area contributed by atoms with E-state index >= 15 is 0 Å². The molecular weight excluding hydrogens is 348 g/mol. The Kier molecular flexibility index (Phi) is 3.72. The van der Waals surface area contributed by atoms with Crippen LogP contribution in [-0.2, 0) is 4.74 Å². The number of nitrogens with one attached hydrogen (secondary N) is 1. The van der Waals surface area contributed by atoms with Crippen molar-refractivity contribution in [2.24, 2.45) is 4.99 Å². The minimum Gasteiger partial charge on any atom is -0.488 e. The average molecular weight is 366 g/mol. The number of amidine groups is 1. The van der Waals surface area contributed by atoms with Crippen LogP contribution < -0.4 is 5.43 Å². The maximum Gasteiger partial charge on any atom is 0.181 e. The second kappa shape index (κ2) is 6.22. The lowest BCUT2D eigenvalue weighted by atomic mass is 10.1. The summed E-state index contributed by atoms with van der Waals surface area (Å²) >= 11 is 1.50. The van der Waals surface area contributed by atoms with Gasteiger partial charge < -0.3 is 9.30 Å². The van der Waals surface area contributed by atoms with Crippen LogP contribution in [0.25, 0.3) is 21.8 Å². The number of benzene rings is 1. The van der Waals surface area contributed by atoms with E-state index in [1.807, 2.05) is 30.2 Å². The second-order valence-corrected chi connectivity index (χ2v) is 7.09. The number of hydrogen-bond donors (Lipinski definition) is 1. The lowest BCUT2D eigenvalue weighted by Crippen LogP contribution is -2.52. The fraction of sp³-hybridized carbons (Fsp3) is 0.278. The van der Waals surface area contributed by atoms with E-state index in [2.05, 4.69) is 43.0 Å². The van der Waals surface area contributed by atoms with E-state index < -0.39 is 0 Å². The van der Waals surface area contributed by atoms with E-state index in [9.17, 15) is 0 Å². The van der Waals surface area contributed by atoms with Crippen molar-refractivity contribution in [3.63, 3.8) is 0 Å². The fourth-order valence-electron chi connectivity index (χ4n) is 3.31. The number of fused-ring (bicyclic) bond motifs is 2. The van der Waals surface area contributed by atoms with Crippen LogP contribution in [0, 0.1) is 6.92 Å². The van der Waals surface area contributed by atoms with E-state index in [-0.39, 0.29) is 0 Å². The van der Waals surface area contributed by atoms with Crippen LogP contribution in [0.3, 0.4) is 0 Å². The van der Waals surface area contributed by atoms with Gasteiger partial charge in [0.15, 0.2) is 11.6 Å².